The minimum absolute atomic E-state index is 0.0864. The van der Waals surface area contributed by atoms with Gasteiger partial charge in [0, 0.05) is 23.2 Å². The van der Waals surface area contributed by atoms with Crippen LogP contribution in [0.25, 0.3) is 5.78 Å². The number of nitrogens with one attached hydrogen (secondary N) is 1. The Labute approximate surface area is 182 Å². The van der Waals surface area contributed by atoms with Gasteiger partial charge in [0.1, 0.15) is 0 Å². The zero-order valence-corrected chi connectivity index (χ0v) is 19.0. The van der Waals surface area contributed by atoms with Crippen LogP contribution in [0.5, 0.6) is 0 Å². The van der Waals surface area contributed by atoms with Crippen molar-refractivity contribution in [1.82, 2.24) is 35.0 Å². The molecule has 0 bridgehead atoms. The lowest BCUT2D eigenvalue weighted by atomic mass is 9.96. The van der Waals surface area contributed by atoms with E-state index in [-0.39, 0.29) is 29.9 Å². The van der Waals surface area contributed by atoms with Crippen molar-refractivity contribution in [2.24, 2.45) is 0 Å². The van der Waals surface area contributed by atoms with Crippen LogP contribution in [0, 0.1) is 13.8 Å². The normalized spacial score (nSPS) is 13.1. The number of nitrogens with zero attached hydrogens (tertiary/aromatic N) is 6. The van der Waals surface area contributed by atoms with Gasteiger partial charge in [-0.2, -0.15) is 23.1 Å². The topological polar surface area (TPSA) is 111 Å². The van der Waals surface area contributed by atoms with E-state index in [0.717, 1.165) is 4.52 Å². The highest BCUT2D eigenvalue weighted by molar-refractivity contribution is 5.77. The third-order valence-electron chi connectivity index (χ3n) is 4.98. The summed E-state index contributed by atoms with van der Waals surface area (Å²) in [6.45, 7) is 12.6. The smallest absolute Gasteiger partial charge is 0.344 e. The highest BCUT2D eigenvalue weighted by atomic mass is 19.4. The molecule has 0 aromatic carbocycles. The fourth-order valence-electron chi connectivity index (χ4n) is 3.18. The van der Waals surface area contributed by atoms with Crippen LogP contribution in [-0.4, -0.2) is 35.6 Å². The molecule has 3 aromatic rings. The highest BCUT2D eigenvalue weighted by Crippen LogP contribution is 2.27. The Bertz CT molecular complexity index is 1160. The Kier molecular flexibility index (Phi) is 5.77. The minimum atomic E-state index is -4.66. The third kappa shape index (κ3) is 4.73. The summed E-state index contributed by atoms with van der Waals surface area (Å²) < 4.78 is 45.2. The van der Waals surface area contributed by atoms with Crippen molar-refractivity contribution in [3.05, 3.63) is 34.5 Å². The highest BCUT2D eigenvalue weighted by Gasteiger charge is 2.37. The average Bonchev–Trinajstić information content (AvgIpc) is 3.28. The fraction of sp³-hybridized carbons (Fsp3) is 0.600. The van der Waals surface area contributed by atoms with Crippen LogP contribution in [0.2, 0.25) is 0 Å². The molecule has 3 heterocycles. The van der Waals surface area contributed by atoms with E-state index in [1.165, 1.54) is 0 Å². The van der Waals surface area contributed by atoms with E-state index in [4.69, 9.17) is 4.52 Å². The molecule has 0 saturated heterocycles. The zero-order valence-electron chi connectivity index (χ0n) is 19.0. The molecule has 0 unspecified atom stereocenters. The number of hydrogen-bond donors (Lipinski definition) is 1. The van der Waals surface area contributed by atoms with Crippen LogP contribution in [-0.2, 0) is 28.3 Å². The number of hydrogen-bond acceptors (Lipinski definition) is 7. The maximum absolute atomic E-state index is 12.9. The van der Waals surface area contributed by atoms with E-state index in [9.17, 15) is 18.0 Å². The molecule has 0 atom stereocenters. The van der Waals surface area contributed by atoms with Crippen molar-refractivity contribution < 1.29 is 22.5 Å². The molecular weight excluding hydrogens is 427 g/mol. The van der Waals surface area contributed by atoms with Gasteiger partial charge >= 0.3 is 6.18 Å². The quantitative estimate of drug-likeness (QED) is 0.630. The summed E-state index contributed by atoms with van der Waals surface area (Å²) in [5, 5.41) is 10.4. The number of carbonyl (C=O) groups is 1. The average molecular weight is 453 g/mol. The predicted octanol–water partition coefficient (Wildman–Crippen LogP) is 3.42. The summed E-state index contributed by atoms with van der Waals surface area (Å²) >= 11 is 0. The molecule has 0 aliphatic carbocycles. The zero-order chi connectivity index (χ0) is 24.1. The molecule has 3 aromatic heterocycles. The summed E-state index contributed by atoms with van der Waals surface area (Å²) in [4.78, 5) is 24.6. The Balaban J connectivity index is 1.74. The summed E-state index contributed by atoms with van der Waals surface area (Å²) in [7, 11) is 0. The predicted molar refractivity (Wildman–Crippen MR) is 108 cm³/mol. The third-order valence-corrected chi connectivity index (χ3v) is 4.98. The minimum Gasteiger partial charge on any atom is -0.344 e. The first-order valence-corrected chi connectivity index (χ1v) is 10.1. The van der Waals surface area contributed by atoms with Crippen molar-refractivity contribution in [3.63, 3.8) is 0 Å². The standard InChI is InChI=1S/C20H26F3N7O2/c1-10-12(11(2)30-17(24-10)26-15(28-30)20(21,22)23)8-9-13(31)27-19(6,7)14-25-16(32-29-14)18(3,4)5/h8-9H2,1-7H3,(H,27,31). The van der Waals surface area contributed by atoms with Gasteiger partial charge in [0.05, 0.1) is 5.54 Å². The Hall–Kier alpha value is -3.05. The lowest BCUT2D eigenvalue weighted by Crippen LogP contribution is -2.42. The van der Waals surface area contributed by atoms with Crippen LogP contribution < -0.4 is 5.32 Å². The largest absolute Gasteiger partial charge is 0.453 e. The fourth-order valence-corrected chi connectivity index (χ4v) is 3.18. The molecule has 0 radical (unpaired) electrons. The molecule has 0 aliphatic heterocycles. The molecule has 1 amide bonds. The molecule has 3 rings (SSSR count). The van der Waals surface area contributed by atoms with Crippen LogP contribution in [0.4, 0.5) is 13.2 Å². The number of aryl methyl sites for hydroxylation is 2. The summed E-state index contributed by atoms with van der Waals surface area (Å²) in [6, 6.07) is 0. The molecule has 0 fully saturated rings. The van der Waals surface area contributed by atoms with Gasteiger partial charge in [-0.3, -0.25) is 4.79 Å². The second-order valence-corrected chi connectivity index (χ2v) is 9.25. The molecule has 0 saturated carbocycles. The SMILES string of the molecule is Cc1nc2nc(C(F)(F)F)nn2c(C)c1CCC(=O)NC(C)(C)c1noc(C(C)(C)C)n1. The van der Waals surface area contributed by atoms with E-state index in [0.29, 0.717) is 28.7 Å². The van der Waals surface area contributed by atoms with E-state index < -0.39 is 17.5 Å². The van der Waals surface area contributed by atoms with Crippen molar-refractivity contribution in [3.8, 4) is 0 Å². The van der Waals surface area contributed by atoms with Crippen molar-refractivity contribution >= 4 is 11.7 Å². The van der Waals surface area contributed by atoms with Crippen LogP contribution in [0.3, 0.4) is 0 Å². The second-order valence-electron chi connectivity index (χ2n) is 9.25. The molecule has 1 N–H and O–H groups in total. The van der Waals surface area contributed by atoms with Crippen molar-refractivity contribution in [2.75, 3.05) is 0 Å². The molecule has 32 heavy (non-hydrogen) atoms. The second kappa shape index (κ2) is 7.82. The molecule has 12 heteroatoms. The maximum atomic E-state index is 12.9. The van der Waals surface area contributed by atoms with Gasteiger partial charge in [-0.25, -0.2) is 9.50 Å². The first-order valence-electron chi connectivity index (χ1n) is 10.1. The number of alkyl halides is 3. The van der Waals surface area contributed by atoms with Gasteiger partial charge in [0.15, 0.2) is 5.82 Å². The summed E-state index contributed by atoms with van der Waals surface area (Å²) in [5.74, 6) is -0.835. The molecule has 9 nitrogen and oxygen atoms in total. The number of amides is 1. The lowest BCUT2D eigenvalue weighted by molar-refractivity contribution is -0.144. The first kappa shape index (κ1) is 23.6. The number of halogens is 3. The lowest BCUT2D eigenvalue weighted by Gasteiger charge is -2.22. The van der Waals surface area contributed by atoms with E-state index in [1.807, 2.05) is 20.8 Å². The summed E-state index contributed by atoms with van der Waals surface area (Å²) in [5.41, 5.74) is 0.397. The van der Waals surface area contributed by atoms with Gasteiger partial charge in [0.2, 0.25) is 11.8 Å². The maximum Gasteiger partial charge on any atom is 0.453 e. The van der Waals surface area contributed by atoms with Gasteiger partial charge in [-0.1, -0.05) is 25.9 Å². The van der Waals surface area contributed by atoms with E-state index in [1.54, 1.807) is 27.7 Å². The number of aromatic nitrogens is 6. The van der Waals surface area contributed by atoms with E-state index in [2.05, 4.69) is 30.5 Å². The van der Waals surface area contributed by atoms with Crippen molar-refractivity contribution in [2.45, 2.75) is 78.4 Å². The van der Waals surface area contributed by atoms with Crippen molar-refractivity contribution in [1.29, 1.82) is 0 Å². The Morgan fingerprint density at radius 3 is 2.25 bits per heavy atom. The Morgan fingerprint density at radius 1 is 1.03 bits per heavy atom. The van der Waals surface area contributed by atoms with Crippen LogP contribution in [0.15, 0.2) is 4.52 Å². The van der Waals surface area contributed by atoms with Gasteiger partial charge in [0.25, 0.3) is 11.6 Å². The monoisotopic (exact) mass is 453 g/mol. The first-order chi connectivity index (χ1) is 14.6. The summed E-state index contributed by atoms with van der Waals surface area (Å²) in [6.07, 6.45) is -4.31. The van der Waals surface area contributed by atoms with Gasteiger partial charge in [-0.05, 0) is 39.7 Å². The molecule has 174 valence electrons. The Morgan fingerprint density at radius 2 is 1.69 bits per heavy atom. The molecule has 0 spiro atoms. The molecule has 0 aliphatic rings. The molecular formula is C20H26F3N7O2. The van der Waals surface area contributed by atoms with Gasteiger partial charge in [-0.15, -0.1) is 5.10 Å². The number of fused-ring (bicyclic) bond motifs is 1. The van der Waals surface area contributed by atoms with Crippen LogP contribution in [0.1, 0.15) is 75.5 Å². The van der Waals surface area contributed by atoms with Crippen LogP contribution >= 0.6 is 0 Å². The van der Waals surface area contributed by atoms with Gasteiger partial charge < -0.3 is 9.84 Å². The number of carbonyl (C=O) groups excluding carboxylic acids is 1. The number of rotatable bonds is 5. The van der Waals surface area contributed by atoms with E-state index >= 15 is 0 Å².